The van der Waals surface area contributed by atoms with Crippen LogP contribution in [0.5, 0.6) is 0 Å². The summed E-state index contributed by atoms with van der Waals surface area (Å²) in [5, 5.41) is 20.8. The smallest absolute Gasteiger partial charge is 0.308 e. The fraction of sp³-hybridized carbons (Fsp3) is 0.200. The lowest BCUT2D eigenvalue weighted by Gasteiger charge is -2.04. The maximum absolute atomic E-state index is 13.5. The Bertz CT molecular complexity index is 540. The fourth-order valence-electron chi connectivity index (χ4n) is 1.20. The Hall–Kier alpha value is -2.56. The quantitative estimate of drug-likeness (QED) is 0.501. The highest BCUT2D eigenvalue weighted by Gasteiger charge is 2.23. The van der Waals surface area contributed by atoms with Gasteiger partial charge in [-0.3, -0.25) is 14.9 Å². The van der Waals surface area contributed by atoms with E-state index < -0.39 is 33.7 Å². The van der Waals surface area contributed by atoms with Gasteiger partial charge in [-0.05, 0) is 6.07 Å². The van der Waals surface area contributed by atoms with Crippen LogP contribution < -0.4 is 5.32 Å². The number of rotatable bonds is 4. The summed E-state index contributed by atoms with van der Waals surface area (Å²) in [4.78, 5) is 20.7. The van der Waals surface area contributed by atoms with Crippen molar-refractivity contribution in [1.29, 1.82) is 5.26 Å². The zero-order valence-corrected chi connectivity index (χ0v) is 8.94. The number of amides is 1. The summed E-state index contributed by atoms with van der Waals surface area (Å²) in [6.45, 7) is -0.0565. The van der Waals surface area contributed by atoms with Crippen LogP contribution in [0.4, 0.5) is 14.5 Å². The predicted octanol–water partition coefficient (Wildman–Crippen LogP) is 1.52. The molecule has 0 heterocycles. The van der Waals surface area contributed by atoms with E-state index in [0.717, 1.165) is 0 Å². The van der Waals surface area contributed by atoms with Gasteiger partial charge in [0.1, 0.15) is 5.82 Å². The molecule has 0 saturated carbocycles. The second-order valence-corrected chi connectivity index (χ2v) is 3.21. The van der Waals surface area contributed by atoms with Gasteiger partial charge in [0.15, 0.2) is 0 Å². The van der Waals surface area contributed by atoms with Crippen molar-refractivity contribution in [2.45, 2.75) is 6.42 Å². The second kappa shape index (κ2) is 5.67. The Balaban J connectivity index is 3.06. The molecule has 1 rings (SSSR count). The van der Waals surface area contributed by atoms with Gasteiger partial charge in [0.25, 0.3) is 5.91 Å². The summed E-state index contributed by atoms with van der Waals surface area (Å²) >= 11 is 0. The van der Waals surface area contributed by atoms with Crippen LogP contribution in [0.15, 0.2) is 12.1 Å². The van der Waals surface area contributed by atoms with E-state index in [2.05, 4.69) is 5.32 Å². The molecule has 1 amide bonds. The van der Waals surface area contributed by atoms with Gasteiger partial charge in [-0.2, -0.15) is 9.65 Å². The van der Waals surface area contributed by atoms with Gasteiger partial charge < -0.3 is 5.32 Å². The van der Waals surface area contributed by atoms with E-state index in [4.69, 9.17) is 5.26 Å². The van der Waals surface area contributed by atoms with Gasteiger partial charge in [-0.15, -0.1) is 0 Å². The summed E-state index contributed by atoms with van der Waals surface area (Å²) < 4.78 is 26.5. The molecule has 94 valence electrons. The molecular formula is C10H7F2N3O3. The van der Waals surface area contributed by atoms with Crippen LogP contribution in [-0.4, -0.2) is 17.4 Å². The van der Waals surface area contributed by atoms with Crippen LogP contribution in [0.2, 0.25) is 0 Å². The second-order valence-electron chi connectivity index (χ2n) is 3.21. The van der Waals surface area contributed by atoms with Crippen molar-refractivity contribution in [2.75, 3.05) is 6.54 Å². The highest BCUT2D eigenvalue weighted by atomic mass is 19.1. The van der Waals surface area contributed by atoms with Crippen molar-refractivity contribution >= 4 is 11.6 Å². The zero-order valence-electron chi connectivity index (χ0n) is 8.94. The molecule has 1 aromatic carbocycles. The van der Waals surface area contributed by atoms with Crippen LogP contribution >= 0.6 is 0 Å². The third-order valence-electron chi connectivity index (χ3n) is 1.98. The number of benzene rings is 1. The van der Waals surface area contributed by atoms with Crippen molar-refractivity contribution < 1.29 is 18.5 Å². The minimum Gasteiger partial charge on any atom is -0.351 e. The molecule has 0 bridgehead atoms. The van der Waals surface area contributed by atoms with E-state index in [0.29, 0.717) is 12.1 Å². The maximum Gasteiger partial charge on any atom is 0.308 e. The van der Waals surface area contributed by atoms with Crippen molar-refractivity contribution in [1.82, 2.24) is 5.32 Å². The highest BCUT2D eigenvalue weighted by molar-refractivity contribution is 5.95. The topological polar surface area (TPSA) is 96.0 Å². The van der Waals surface area contributed by atoms with Crippen LogP contribution in [-0.2, 0) is 0 Å². The Labute approximate surface area is 100.0 Å². The fourth-order valence-corrected chi connectivity index (χ4v) is 1.20. The molecular weight excluding hydrogens is 248 g/mol. The van der Waals surface area contributed by atoms with Gasteiger partial charge in [0.2, 0.25) is 5.82 Å². The third kappa shape index (κ3) is 2.98. The summed E-state index contributed by atoms with van der Waals surface area (Å²) in [5.41, 5.74) is -1.87. The molecule has 1 aromatic rings. The first-order valence-electron chi connectivity index (χ1n) is 4.76. The summed E-state index contributed by atoms with van der Waals surface area (Å²) in [5.74, 6) is -3.50. The number of nitro groups is 1. The molecule has 0 radical (unpaired) electrons. The molecule has 0 unspecified atom stereocenters. The van der Waals surface area contributed by atoms with Crippen LogP contribution in [0.3, 0.4) is 0 Å². The summed E-state index contributed by atoms with van der Waals surface area (Å²) in [6, 6.07) is 2.69. The van der Waals surface area contributed by atoms with Crippen molar-refractivity contribution in [3.05, 3.63) is 39.4 Å². The lowest BCUT2D eigenvalue weighted by molar-refractivity contribution is -0.387. The minimum absolute atomic E-state index is 0.00916. The number of hydrogen-bond acceptors (Lipinski definition) is 4. The molecule has 0 spiro atoms. The molecule has 1 N–H and O–H groups in total. The van der Waals surface area contributed by atoms with Crippen molar-refractivity contribution in [2.24, 2.45) is 0 Å². The monoisotopic (exact) mass is 255 g/mol. The molecule has 0 atom stereocenters. The Kier molecular flexibility index (Phi) is 4.26. The standard InChI is InChI=1S/C10H7F2N3O3/c11-6-4-7(10(16)14-3-1-2-13)9(12)8(5-6)15(17)18/h4-5H,1,3H2,(H,14,16). The van der Waals surface area contributed by atoms with E-state index in [1.165, 1.54) is 0 Å². The largest absolute Gasteiger partial charge is 0.351 e. The number of nitrogens with zero attached hydrogens (tertiary/aromatic N) is 2. The minimum atomic E-state index is -1.41. The van der Waals surface area contributed by atoms with Crippen molar-refractivity contribution in [3.8, 4) is 6.07 Å². The van der Waals surface area contributed by atoms with Gasteiger partial charge >= 0.3 is 5.69 Å². The van der Waals surface area contributed by atoms with E-state index in [1.54, 1.807) is 6.07 Å². The van der Waals surface area contributed by atoms with E-state index in [-0.39, 0.29) is 13.0 Å². The van der Waals surface area contributed by atoms with Gasteiger partial charge in [-0.1, -0.05) is 0 Å². The number of nitro benzene ring substituents is 1. The molecule has 8 heteroatoms. The van der Waals surface area contributed by atoms with Crippen LogP contribution in [0.1, 0.15) is 16.8 Å². The Morgan fingerprint density at radius 3 is 2.72 bits per heavy atom. The van der Waals surface area contributed by atoms with Crippen LogP contribution in [0, 0.1) is 33.1 Å². The van der Waals surface area contributed by atoms with E-state index >= 15 is 0 Å². The SMILES string of the molecule is N#CCCNC(=O)c1cc(F)cc([N+](=O)[O-])c1F. The van der Waals surface area contributed by atoms with Crippen molar-refractivity contribution in [3.63, 3.8) is 0 Å². The number of nitriles is 1. The summed E-state index contributed by atoms with van der Waals surface area (Å²) in [7, 11) is 0. The highest BCUT2D eigenvalue weighted by Crippen LogP contribution is 2.22. The molecule has 0 aliphatic heterocycles. The number of nitrogens with one attached hydrogen (secondary N) is 1. The molecule has 18 heavy (non-hydrogen) atoms. The Morgan fingerprint density at radius 2 is 2.17 bits per heavy atom. The average Bonchev–Trinajstić information content (AvgIpc) is 2.31. The first-order valence-corrected chi connectivity index (χ1v) is 4.76. The molecule has 0 fully saturated rings. The lowest BCUT2D eigenvalue weighted by Crippen LogP contribution is -2.25. The van der Waals surface area contributed by atoms with E-state index in [1.807, 2.05) is 0 Å². The van der Waals surface area contributed by atoms with Crippen LogP contribution in [0.25, 0.3) is 0 Å². The maximum atomic E-state index is 13.5. The zero-order chi connectivity index (χ0) is 13.7. The molecule has 0 saturated heterocycles. The van der Waals surface area contributed by atoms with Gasteiger partial charge in [-0.25, -0.2) is 4.39 Å². The number of carbonyl (C=O) groups excluding carboxylic acids is 1. The number of halogens is 2. The lowest BCUT2D eigenvalue weighted by atomic mass is 10.1. The first-order chi connectivity index (χ1) is 8.47. The number of carbonyl (C=O) groups is 1. The average molecular weight is 255 g/mol. The third-order valence-corrected chi connectivity index (χ3v) is 1.98. The predicted molar refractivity (Wildman–Crippen MR) is 55.6 cm³/mol. The van der Waals surface area contributed by atoms with Gasteiger partial charge in [0.05, 0.1) is 29.0 Å². The summed E-state index contributed by atoms with van der Waals surface area (Å²) in [6.07, 6.45) is -0.00916. The Morgan fingerprint density at radius 1 is 1.50 bits per heavy atom. The normalized spacial score (nSPS) is 9.61. The van der Waals surface area contributed by atoms with E-state index in [9.17, 15) is 23.7 Å². The van der Waals surface area contributed by atoms with Gasteiger partial charge in [0, 0.05) is 6.54 Å². The first kappa shape index (κ1) is 13.5. The molecule has 0 aliphatic carbocycles. The molecule has 0 aliphatic rings. The number of hydrogen-bond donors (Lipinski definition) is 1. The molecule has 0 aromatic heterocycles. The molecule has 6 nitrogen and oxygen atoms in total.